The van der Waals surface area contributed by atoms with Gasteiger partial charge in [0.1, 0.15) is 0 Å². The fourth-order valence-electron chi connectivity index (χ4n) is 1.65. The van der Waals surface area contributed by atoms with E-state index in [0.717, 1.165) is 20.6 Å². The Morgan fingerprint density at radius 1 is 1.33 bits per heavy atom. The Morgan fingerprint density at radius 2 is 2.10 bits per heavy atom. The van der Waals surface area contributed by atoms with E-state index in [0.29, 0.717) is 16.5 Å². The van der Waals surface area contributed by atoms with Crippen LogP contribution < -0.4 is 11.1 Å². The van der Waals surface area contributed by atoms with Gasteiger partial charge in [-0.3, -0.25) is 4.79 Å². The first-order chi connectivity index (χ1) is 9.95. The molecule has 3 nitrogen and oxygen atoms in total. The fraction of sp³-hybridized carbons (Fsp3) is 0.133. The highest BCUT2D eigenvalue weighted by Crippen LogP contribution is 2.27. The number of nitrogens with two attached hydrogens (primary N) is 1. The van der Waals surface area contributed by atoms with Gasteiger partial charge in [-0.05, 0) is 58.7 Å². The van der Waals surface area contributed by atoms with Crippen molar-refractivity contribution in [3.05, 3.63) is 51.5 Å². The van der Waals surface area contributed by atoms with Crippen LogP contribution in [0.1, 0.15) is 5.56 Å². The van der Waals surface area contributed by atoms with Gasteiger partial charge in [-0.1, -0.05) is 17.7 Å². The van der Waals surface area contributed by atoms with E-state index in [1.165, 1.54) is 11.8 Å². The quantitative estimate of drug-likeness (QED) is 0.591. The number of nitrogens with one attached hydrogen (secondary N) is 1. The van der Waals surface area contributed by atoms with Crippen LogP contribution in [0.3, 0.4) is 0 Å². The number of rotatable bonds is 4. The average molecular weight is 386 g/mol. The van der Waals surface area contributed by atoms with Gasteiger partial charge in [0, 0.05) is 9.37 Å². The smallest absolute Gasteiger partial charge is 0.234 e. The number of hydrogen-bond donors (Lipinski definition) is 2. The number of anilines is 2. The summed E-state index contributed by atoms with van der Waals surface area (Å²) in [4.78, 5) is 12.9. The minimum absolute atomic E-state index is 0.0718. The molecular formula is C15H14BrClN2OS. The van der Waals surface area contributed by atoms with Crippen molar-refractivity contribution in [2.75, 3.05) is 16.8 Å². The molecule has 0 saturated carbocycles. The zero-order valence-electron chi connectivity index (χ0n) is 11.3. The van der Waals surface area contributed by atoms with Crippen LogP contribution in [0.25, 0.3) is 0 Å². The number of hydrogen-bond acceptors (Lipinski definition) is 3. The molecule has 0 heterocycles. The molecule has 1 amide bonds. The maximum atomic E-state index is 12.0. The standard InChI is InChI=1S/C15H14BrClN2OS/c1-9-2-5-14(11(16)6-9)19-15(20)8-21-10-3-4-13(18)12(17)7-10/h2-7H,8,18H2,1H3,(H,19,20). The van der Waals surface area contributed by atoms with Gasteiger partial charge in [-0.25, -0.2) is 0 Å². The van der Waals surface area contributed by atoms with Crippen LogP contribution in [-0.2, 0) is 4.79 Å². The van der Waals surface area contributed by atoms with Gasteiger partial charge in [0.15, 0.2) is 0 Å². The lowest BCUT2D eigenvalue weighted by Gasteiger charge is -2.08. The van der Waals surface area contributed by atoms with E-state index < -0.39 is 0 Å². The third-order valence-corrected chi connectivity index (χ3v) is 4.72. The van der Waals surface area contributed by atoms with Crippen molar-refractivity contribution < 1.29 is 4.79 Å². The average Bonchev–Trinajstić information content (AvgIpc) is 2.43. The Kier molecular flexibility index (Phi) is 5.56. The van der Waals surface area contributed by atoms with Crippen LogP contribution in [-0.4, -0.2) is 11.7 Å². The Hall–Kier alpha value is -1.17. The van der Waals surface area contributed by atoms with Crippen LogP contribution in [0.15, 0.2) is 45.8 Å². The maximum Gasteiger partial charge on any atom is 0.234 e. The van der Waals surface area contributed by atoms with Crippen LogP contribution in [0, 0.1) is 6.92 Å². The van der Waals surface area contributed by atoms with Crippen molar-refractivity contribution in [2.45, 2.75) is 11.8 Å². The second kappa shape index (κ2) is 7.20. The Bertz CT molecular complexity index is 679. The van der Waals surface area contributed by atoms with Gasteiger partial charge < -0.3 is 11.1 Å². The molecule has 0 radical (unpaired) electrons. The fourth-order valence-corrected chi connectivity index (χ4v) is 3.23. The Balaban J connectivity index is 1.94. The zero-order chi connectivity index (χ0) is 15.4. The molecule has 2 aromatic carbocycles. The summed E-state index contributed by atoms with van der Waals surface area (Å²) < 4.78 is 0.872. The van der Waals surface area contributed by atoms with Crippen LogP contribution in [0.5, 0.6) is 0 Å². The van der Waals surface area contributed by atoms with Crippen molar-refractivity contribution in [3.8, 4) is 0 Å². The molecule has 6 heteroatoms. The van der Waals surface area contributed by atoms with Gasteiger partial charge in [-0.15, -0.1) is 11.8 Å². The normalized spacial score (nSPS) is 10.4. The molecule has 0 aromatic heterocycles. The molecule has 0 atom stereocenters. The molecule has 0 aliphatic heterocycles. The predicted molar refractivity (Wildman–Crippen MR) is 94.1 cm³/mol. The van der Waals surface area contributed by atoms with Crippen molar-refractivity contribution in [1.82, 2.24) is 0 Å². The van der Waals surface area contributed by atoms with Gasteiger partial charge in [0.25, 0.3) is 0 Å². The molecule has 2 rings (SSSR count). The third kappa shape index (κ3) is 4.66. The summed E-state index contributed by atoms with van der Waals surface area (Å²) in [6.07, 6.45) is 0. The lowest BCUT2D eigenvalue weighted by molar-refractivity contribution is -0.113. The van der Waals surface area contributed by atoms with E-state index >= 15 is 0 Å². The summed E-state index contributed by atoms with van der Waals surface area (Å²) in [5, 5.41) is 3.37. The van der Waals surface area contributed by atoms with E-state index in [1.807, 2.05) is 31.2 Å². The minimum atomic E-state index is -0.0718. The first-order valence-electron chi connectivity index (χ1n) is 6.19. The summed E-state index contributed by atoms with van der Waals surface area (Å²) >= 11 is 10.8. The molecule has 0 bridgehead atoms. The highest BCUT2D eigenvalue weighted by Gasteiger charge is 2.07. The second-order valence-electron chi connectivity index (χ2n) is 4.50. The molecule has 21 heavy (non-hydrogen) atoms. The van der Waals surface area contributed by atoms with Gasteiger partial charge >= 0.3 is 0 Å². The molecule has 0 fully saturated rings. The number of carbonyl (C=O) groups is 1. The summed E-state index contributed by atoms with van der Waals surface area (Å²) in [6.45, 7) is 2.00. The number of carbonyl (C=O) groups excluding carboxylic acids is 1. The van der Waals surface area contributed by atoms with Crippen LogP contribution >= 0.6 is 39.3 Å². The van der Waals surface area contributed by atoms with Crippen molar-refractivity contribution in [1.29, 1.82) is 0 Å². The first kappa shape index (κ1) is 16.2. The number of nitrogen functional groups attached to an aromatic ring is 1. The Labute approximate surface area is 141 Å². The van der Waals surface area contributed by atoms with E-state index in [2.05, 4.69) is 21.2 Å². The SMILES string of the molecule is Cc1ccc(NC(=O)CSc2ccc(N)c(Cl)c2)c(Br)c1. The maximum absolute atomic E-state index is 12.0. The molecule has 0 unspecified atom stereocenters. The van der Waals surface area contributed by atoms with Crippen molar-refractivity contribution in [3.63, 3.8) is 0 Å². The van der Waals surface area contributed by atoms with Gasteiger partial charge in [-0.2, -0.15) is 0 Å². The van der Waals surface area contributed by atoms with E-state index in [1.54, 1.807) is 12.1 Å². The van der Waals surface area contributed by atoms with E-state index in [9.17, 15) is 4.79 Å². The van der Waals surface area contributed by atoms with Crippen molar-refractivity contribution >= 4 is 56.6 Å². The summed E-state index contributed by atoms with van der Waals surface area (Å²) in [6, 6.07) is 11.1. The number of amides is 1. The Morgan fingerprint density at radius 3 is 2.76 bits per heavy atom. The van der Waals surface area contributed by atoms with Crippen molar-refractivity contribution in [2.24, 2.45) is 0 Å². The number of halogens is 2. The third-order valence-electron chi connectivity index (χ3n) is 2.74. The van der Waals surface area contributed by atoms with E-state index in [4.69, 9.17) is 17.3 Å². The molecule has 2 aromatic rings. The highest BCUT2D eigenvalue weighted by molar-refractivity contribution is 9.10. The second-order valence-corrected chi connectivity index (χ2v) is 6.81. The number of benzene rings is 2. The molecule has 110 valence electrons. The zero-order valence-corrected chi connectivity index (χ0v) is 14.5. The molecule has 0 aliphatic rings. The first-order valence-corrected chi connectivity index (χ1v) is 8.35. The van der Waals surface area contributed by atoms with Gasteiger partial charge in [0.05, 0.1) is 22.2 Å². The number of thioether (sulfide) groups is 1. The summed E-state index contributed by atoms with van der Waals surface area (Å²) in [7, 11) is 0. The number of aryl methyl sites for hydroxylation is 1. The minimum Gasteiger partial charge on any atom is -0.398 e. The summed E-state index contributed by atoms with van der Waals surface area (Å²) in [5.41, 5.74) is 8.08. The molecule has 0 spiro atoms. The van der Waals surface area contributed by atoms with E-state index in [-0.39, 0.29) is 5.91 Å². The molecule has 0 aliphatic carbocycles. The topological polar surface area (TPSA) is 55.1 Å². The highest BCUT2D eigenvalue weighted by atomic mass is 79.9. The van der Waals surface area contributed by atoms with Crippen LogP contribution in [0.4, 0.5) is 11.4 Å². The molecular weight excluding hydrogens is 372 g/mol. The monoisotopic (exact) mass is 384 g/mol. The predicted octanol–water partition coefficient (Wildman–Crippen LogP) is 4.72. The molecule has 0 saturated heterocycles. The lowest BCUT2D eigenvalue weighted by atomic mass is 10.2. The lowest BCUT2D eigenvalue weighted by Crippen LogP contribution is -2.14. The van der Waals surface area contributed by atoms with Crippen LogP contribution in [0.2, 0.25) is 5.02 Å². The largest absolute Gasteiger partial charge is 0.398 e. The summed E-state index contributed by atoms with van der Waals surface area (Å²) in [5.74, 6) is 0.234. The van der Waals surface area contributed by atoms with Gasteiger partial charge in [0.2, 0.25) is 5.91 Å². The molecule has 3 N–H and O–H groups in total.